The van der Waals surface area contributed by atoms with E-state index in [1.807, 2.05) is 0 Å². The lowest BCUT2D eigenvalue weighted by Crippen LogP contribution is -2.40. The summed E-state index contributed by atoms with van der Waals surface area (Å²) in [4.78, 5) is 22.3. The van der Waals surface area contributed by atoms with Gasteiger partial charge in [0.05, 0.1) is 6.10 Å². The Bertz CT molecular complexity index is 328. The third kappa shape index (κ3) is 7.90. The second-order valence-corrected chi connectivity index (χ2v) is 6.00. The van der Waals surface area contributed by atoms with Crippen molar-refractivity contribution in [3.63, 3.8) is 0 Å². The summed E-state index contributed by atoms with van der Waals surface area (Å²) in [6.07, 6.45) is 3.87. The molecule has 0 radical (unpaired) electrons. The molecule has 3 N–H and O–H groups in total. The SMILES string of the molecule is CC(C)C(CCNC(=O)NCC1CCCO1)CCC(=O)O. The first-order valence-corrected chi connectivity index (χ1v) is 7.84. The van der Waals surface area contributed by atoms with E-state index in [-0.39, 0.29) is 18.6 Å². The molecule has 0 aromatic carbocycles. The van der Waals surface area contributed by atoms with Gasteiger partial charge in [-0.25, -0.2) is 4.79 Å². The highest BCUT2D eigenvalue weighted by Gasteiger charge is 2.17. The van der Waals surface area contributed by atoms with Gasteiger partial charge in [-0.15, -0.1) is 0 Å². The summed E-state index contributed by atoms with van der Waals surface area (Å²) in [7, 11) is 0. The third-order valence-electron chi connectivity index (χ3n) is 3.99. The predicted molar refractivity (Wildman–Crippen MR) is 80.2 cm³/mol. The van der Waals surface area contributed by atoms with E-state index < -0.39 is 5.97 Å². The first-order chi connectivity index (χ1) is 9.99. The van der Waals surface area contributed by atoms with Crippen molar-refractivity contribution in [3.05, 3.63) is 0 Å². The zero-order valence-corrected chi connectivity index (χ0v) is 13.1. The minimum atomic E-state index is -0.761. The number of hydrogen-bond donors (Lipinski definition) is 3. The van der Waals surface area contributed by atoms with E-state index in [0.717, 1.165) is 25.9 Å². The fourth-order valence-corrected chi connectivity index (χ4v) is 2.57. The van der Waals surface area contributed by atoms with Crippen LogP contribution in [0.4, 0.5) is 4.79 Å². The van der Waals surface area contributed by atoms with Gasteiger partial charge < -0.3 is 20.5 Å². The zero-order valence-electron chi connectivity index (χ0n) is 13.1. The molecule has 0 saturated carbocycles. The van der Waals surface area contributed by atoms with Crippen LogP contribution in [0.15, 0.2) is 0 Å². The Morgan fingerprint density at radius 3 is 2.62 bits per heavy atom. The highest BCUT2D eigenvalue weighted by atomic mass is 16.5. The number of carbonyl (C=O) groups is 2. The summed E-state index contributed by atoms with van der Waals surface area (Å²) in [5.74, 6) is -0.0245. The molecular weight excluding hydrogens is 272 g/mol. The number of hydrogen-bond acceptors (Lipinski definition) is 3. The molecule has 1 heterocycles. The second-order valence-electron chi connectivity index (χ2n) is 6.00. The van der Waals surface area contributed by atoms with Crippen molar-refractivity contribution >= 4 is 12.0 Å². The number of ether oxygens (including phenoxy) is 1. The van der Waals surface area contributed by atoms with Gasteiger partial charge in [0.15, 0.2) is 0 Å². The van der Waals surface area contributed by atoms with Crippen LogP contribution in [0.1, 0.15) is 46.0 Å². The van der Waals surface area contributed by atoms with Crippen LogP contribution < -0.4 is 10.6 Å². The fraction of sp³-hybridized carbons (Fsp3) is 0.867. The smallest absolute Gasteiger partial charge is 0.314 e. The van der Waals surface area contributed by atoms with Gasteiger partial charge in [-0.2, -0.15) is 0 Å². The second kappa shape index (κ2) is 9.60. The van der Waals surface area contributed by atoms with E-state index in [2.05, 4.69) is 24.5 Å². The fourth-order valence-electron chi connectivity index (χ4n) is 2.57. The summed E-state index contributed by atoms with van der Waals surface area (Å²) in [6.45, 7) is 6.08. The molecule has 0 bridgehead atoms. The van der Waals surface area contributed by atoms with Crippen molar-refractivity contribution in [2.24, 2.45) is 11.8 Å². The highest BCUT2D eigenvalue weighted by molar-refractivity contribution is 5.73. The van der Waals surface area contributed by atoms with Crippen LogP contribution in [-0.2, 0) is 9.53 Å². The molecule has 6 heteroatoms. The quantitative estimate of drug-likeness (QED) is 0.607. The lowest BCUT2D eigenvalue weighted by Gasteiger charge is -2.20. The first kappa shape index (κ1) is 17.8. The van der Waals surface area contributed by atoms with Crippen LogP contribution in [0, 0.1) is 11.8 Å². The maximum Gasteiger partial charge on any atom is 0.314 e. The van der Waals surface area contributed by atoms with Crippen LogP contribution in [0.3, 0.4) is 0 Å². The van der Waals surface area contributed by atoms with Gasteiger partial charge in [0.2, 0.25) is 0 Å². The number of carboxylic acids is 1. The first-order valence-electron chi connectivity index (χ1n) is 7.84. The van der Waals surface area contributed by atoms with E-state index in [1.54, 1.807) is 0 Å². The van der Waals surface area contributed by atoms with Gasteiger partial charge >= 0.3 is 12.0 Å². The normalized spacial score (nSPS) is 19.5. The summed E-state index contributed by atoms with van der Waals surface area (Å²) in [6, 6.07) is -0.175. The Kier molecular flexibility index (Phi) is 8.12. The van der Waals surface area contributed by atoms with Gasteiger partial charge in [0, 0.05) is 26.1 Å². The van der Waals surface area contributed by atoms with Crippen LogP contribution in [0.2, 0.25) is 0 Å². The molecule has 0 aromatic rings. The average Bonchev–Trinajstić information content (AvgIpc) is 2.92. The van der Waals surface area contributed by atoms with Crippen molar-refractivity contribution < 1.29 is 19.4 Å². The number of aliphatic carboxylic acids is 1. The molecule has 1 aliphatic heterocycles. The van der Waals surface area contributed by atoms with Crippen LogP contribution in [0.25, 0.3) is 0 Å². The van der Waals surface area contributed by atoms with Crippen LogP contribution in [0.5, 0.6) is 0 Å². The number of amides is 2. The van der Waals surface area contributed by atoms with Gasteiger partial charge in [-0.05, 0) is 37.5 Å². The molecule has 1 rings (SSSR count). The summed E-state index contributed by atoms with van der Waals surface area (Å²) >= 11 is 0. The van der Waals surface area contributed by atoms with Crippen molar-refractivity contribution in [2.45, 2.75) is 52.1 Å². The molecule has 1 saturated heterocycles. The topological polar surface area (TPSA) is 87.7 Å². The molecule has 122 valence electrons. The highest BCUT2D eigenvalue weighted by Crippen LogP contribution is 2.20. The Balaban J connectivity index is 2.13. The van der Waals surface area contributed by atoms with Gasteiger partial charge in [0.25, 0.3) is 0 Å². The van der Waals surface area contributed by atoms with Gasteiger partial charge in [0.1, 0.15) is 0 Å². The summed E-state index contributed by atoms with van der Waals surface area (Å²) < 4.78 is 5.43. The minimum Gasteiger partial charge on any atom is -0.481 e. The largest absolute Gasteiger partial charge is 0.481 e. The number of urea groups is 1. The van der Waals surface area contributed by atoms with E-state index in [4.69, 9.17) is 9.84 Å². The molecule has 2 unspecified atom stereocenters. The summed E-state index contributed by atoms with van der Waals surface area (Å²) in [5.41, 5.74) is 0. The standard InChI is InChI=1S/C15H28N2O4/c1-11(2)12(5-6-14(18)19)7-8-16-15(20)17-10-13-4-3-9-21-13/h11-13H,3-10H2,1-2H3,(H,18,19)(H2,16,17,20). The molecule has 21 heavy (non-hydrogen) atoms. The van der Waals surface area contributed by atoms with Crippen LogP contribution in [-0.4, -0.2) is 42.9 Å². The Labute approximate surface area is 126 Å². The van der Waals surface area contributed by atoms with Crippen molar-refractivity contribution in [3.8, 4) is 0 Å². The van der Waals surface area contributed by atoms with Crippen LogP contribution >= 0.6 is 0 Å². The van der Waals surface area contributed by atoms with Gasteiger partial charge in [-0.3, -0.25) is 4.79 Å². The molecular formula is C15H28N2O4. The summed E-state index contributed by atoms with van der Waals surface area (Å²) in [5, 5.41) is 14.4. The molecule has 1 aliphatic rings. The Morgan fingerprint density at radius 2 is 2.05 bits per heavy atom. The number of carbonyl (C=O) groups excluding carboxylic acids is 1. The Morgan fingerprint density at radius 1 is 1.29 bits per heavy atom. The lowest BCUT2D eigenvalue weighted by atomic mass is 9.88. The van der Waals surface area contributed by atoms with Crippen molar-refractivity contribution in [2.75, 3.05) is 19.7 Å². The van der Waals surface area contributed by atoms with E-state index in [9.17, 15) is 9.59 Å². The molecule has 0 aromatic heterocycles. The predicted octanol–water partition coefficient (Wildman–Crippen LogP) is 1.99. The lowest BCUT2D eigenvalue weighted by molar-refractivity contribution is -0.137. The maximum absolute atomic E-state index is 11.6. The molecule has 6 nitrogen and oxygen atoms in total. The van der Waals surface area contributed by atoms with E-state index >= 15 is 0 Å². The van der Waals surface area contributed by atoms with E-state index in [0.29, 0.717) is 31.3 Å². The minimum absolute atomic E-state index is 0.148. The van der Waals surface area contributed by atoms with Gasteiger partial charge in [-0.1, -0.05) is 13.8 Å². The van der Waals surface area contributed by atoms with E-state index in [1.165, 1.54) is 0 Å². The molecule has 1 fully saturated rings. The molecule has 0 aliphatic carbocycles. The molecule has 2 atom stereocenters. The zero-order chi connectivity index (χ0) is 15.7. The molecule has 0 spiro atoms. The number of carboxylic acid groups (broad SMARTS) is 1. The van der Waals surface area contributed by atoms with Crippen molar-refractivity contribution in [1.29, 1.82) is 0 Å². The average molecular weight is 300 g/mol. The molecule has 2 amide bonds. The third-order valence-corrected chi connectivity index (χ3v) is 3.99. The number of nitrogens with one attached hydrogen (secondary N) is 2. The Hall–Kier alpha value is -1.30. The van der Waals surface area contributed by atoms with Crippen molar-refractivity contribution in [1.82, 2.24) is 10.6 Å². The maximum atomic E-state index is 11.6. The monoisotopic (exact) mass is 300 g/mol. The number of rotatable bonds is 9.